The van der Waals surface area contributed by atoms with Crippen LogP contribution in [0.5, 0.6) is 0 Å². The van der Waals surface area contributed by atoms with Crippen LogP contribution in [0.4, 0.5) is 0 Å². The van der Waals surface area contributed by atoms with Crippen molar-refractivity contribution < 1.29 is 12.8 Å². The molecule has 2 rings (SSSR count). The molecule has 0 radical (unpaired) electrons. The van der Waals surface area contributed by atoms with Crippen molar-refractivity contribution in [2.45, 2.75) is 16.9 Å². The Labute approximate surface area is 98.6 Å². The highest BCUT2D eigenvalue weighted by Crippen LogP contribution is 2.24. The standard InChI is InChI=1S/C11H9ClO3S/c1-8-2-4-9(5-3-8)16(13,14)11-7-6-10(12)15-11/h2-7H,1H3. The Morgan fingerprint density at radius 2 is 1.69 bits per heavy atom. The summed E-state index contributed by atoms with van der Waals surface area (Å²) in [5.41, 5.74) is 0.997. The average molecular weight is 257 g/mol. The molecule has 0 fully saturated rings. The third-order valence-electron chi connectivity index (χ3n) is 2.14. The molecule has 1 aromatic heterocycles. The minimum absolute atomic E-state index is 0.0608. The first kappa shape index (κ1) is 11.2. The molecule has 0 bridgehead atoms. The van der Waals surface area contributed by atoms with E-state index in [1.54, 1.807) is 24.3 Å². The van der Waals surface area contributed by atoms with Gasteiger partial charge in [0.15, 0.2) is 5.22 Å². The summed E-state index contributed by atoms with van der Waals surface area (Å²) < 4.78 is 28.9. The highest BCUT2D eigenvalue weighted by Gasteiger charge is 2.21. The highest BCUT2D eigenvalue weighted by molar-refractivity contribution is 7.91. The zero-order valence-corrected chi connectivity index (χ0v) is 10.0. The van der Waals surface area contributed by atoms with E-state index >= 15 is 0 Å². The fourth-order valence-corrected chi connectivity index (χ4v) is 2.64. The maximum absolute atomic E-state index is 12.0. The maximum atomic E-state index is 12.0. The van der Waals surface area contributed by atoms with Crippen molar-refractivity contribution in [1.82, 2.24) is 0 Å². The lowest BCUT2D eigenvalue weighted by Gasteiger charge is -2.01. The van der Waals surface area contributed by atoms with E-state index in [4.69, 9.17) is 16.0 Å². The molecule has 0 atom stereocenters. The first-order valence-electron chi connectivity index (χ1n) is 4.57. The molecular weight excluding hydrogens is 248 g/mol. The molecule has 0 amide bonds. The van der Waals surface area contributed by atoms with Crippen LogP contribution >= 0.6 is 11.6 Å². The first-order chi connectivity index (χ1) is 7.50. The van der Waals surface area contributed by atoms with E-state index in [9.17, 15) is 8.42 Å². The molecular formula is C11H9ClO3S. The summed E-state index contributed by atoms with van der Waals surface area (Å²) in [6.07, 6.45) is 0. The Kier molecular flexibility index (Phi) is 2.78. The molecule has 3 nitrogen and oxygen atoms in total. The van der Waals surface area contributed by atoms with Crippen LogP contribution in [0.2, 0.25) is 5.22 Å². The number of halogens is 1. The summed E-state index contributed by atoms with van der Waals surface area (Å²) in [5.74, 6) is 0. The third kappa shape index (κ3) is 1.99. The summed E-state index contributed by atoms with van der Waals surface area (Å²) in [6.45, 7) is 1.89. The van der Waals surface area contributed by atoms with Crippen LogP contribution in [0, 0.1) is 6.92 Å². The number of aryl methyl sites for hydroxylation is 1. The molecule has 0 aliphatic rings. The monoisotopic (exact) mass is 256 g/mol. The minimum Gasteiger partial charge on any atom is -0.433 e. The molecule has 0 saturated carbocycles. The Morgan fingerprint density at radius 3 is 2.19 bits per heavy atom. The summed E-state index contributed by atoms with van der Waals surface area (Å²) in [6, 6.07) is 9.30. The van der Waals surface area contributed by atoms with Gasteiger partial charge in [0.05, 0.1) is 4.90 Å². The molecule has 1 aromatic carbocycles. The Hall–Kier alpha value is -1.26. The van der Waals surface area contributed by atoms with E-state index in [2.05, 4.69) is 0 Å². The van der Waals surface area contributed by atoms with Gasteiger partial charge in [-0.1, -0.05) is 17.7 Å². The highest BCUT2D eigenvalue weighted by atomic mass is 35.5. The first-order valence-corrected chi connectivity index (χ1v) is 6.43. The second-order valence-corrected chi connectivity index (χ2v) is 5.63. The molecule has 1 heterocycles. The zero-order chi connectivity index (χ0) is 11.8. The molecule has 0 aliphatic heterocycles. The largest absolute Gasteiger partial charge is 0.433 e. The second-order valence-electron chi connectivity index (χ2n) is 3.38. The summed E-state index contributed by atoms with van der Waals surface area (Å²) in [5, 5.41) is -0.0768. The Balaban J connectivity index is 2.51. The van der Waals surface area contributed by atoms with Crippen molar-refractivity contribution in [2.75, 3.05) is 0 Å². The van der Waals surface area contributed by atoms with Gasteiger partial charge in [-0.15, -0.1) is 0 Å². The van der Waals surface area contributed by atoms with E-state index in [1.807, 2.05) is 6.92 Å². The Bertz CT molecular complexity index is 596. The normalized spacial score (nSPS) is 11.6. The van der Waals surface area contributed by atoms with Gasteiger partial charge in [0.1, 0.15) is 0 Å². The Morgan fingerprint density at radius 1 is 1.06 bits per heavy atom. The molecule has 16 heavy (non-hydrogen) atoms. The fraction of sp³-hybridized carbons (Fsp3) is 0.0909. The van der Waals surface area contributed by atoms with Crippen molar-refractivity contribution >= 4 is 21.4 Å². The lowest BCUT2D eigenvalue weighted by atomic mass is 10.2. The molecule has 0 N–H and O–H groups in total. The van der Waals surface area contributed by atoms with Gasteiger partial charge >= 0.3 is 0 Å². The maximum Gasteiger partial charge on any atom is 0.239 e. The number of benzene rings is 1. The molecule has 5 heteroatoms. The lowest BCUT2D eigenvalue weighted by molar-refractivity contribution is 0.451. The number of sulfone groups is 1. The van der Waals surface area contributed by atoms with E-state index in [0.717, 1.165) is 5.56 Å². The van der Waals surface area contributed by atoms with E-state index in [-0.39, 0.29) is 15.2 Å². The van der Waals surface area contributed by atoms with Crippen LogP contribution in [0.3, 0.4) is 0 Å². The van der Waals surface area contributed by atoms with Crippen molar-refractivity contribution in [3.05, 3.63) is 47.2 Å². The lowest BCUT2D eigenvalue weighted by Crippen LogP contribution is -2.00. The zero-order valence-electron chi connectivity index (χ0n) is 8.48. The number of hydrogen-bond donors (Lipinski definition) is 0. The van der Waals surface area contributed by atoms with Crippen molar-refractivity contribution in [1.29, 1.82) is 0 Å². The molecule has 84 valence electrons. The van der Waals surface area contributed by atoms with Gasteiger partial charge < -0.3 is 4.42 Å². The summed E-state index contributed by atoms with van der Waals surface area (Å²) in [7, 11) is -3.59. The molecule has 0 spiro atoms. The topological polar surface area (TPSA) is 47.3 Å². The smallest absolute Gasteiger partial charge is 0.239 e. The molecule has 0 unspecified atom stereocenters. The SMILES string of the molecule is Cc1ccc(S(=O)(=O)c2ccc(Cl)o2)cc1. The summed E-state index contributed by atoms with van der Waals surface area (Å²) in [4.78, 5) is 0.198. The number of furan rings is 1. The van der Waals surface area contributed by atoms with Gasteiger partial charge in [0, 0.05) is 0 Å². The second kappa shape index (κ2) is 3.96. The molecule has 0 aliphatic carbocycles. The quantitative estimate of drug-likeness (QED) is 0.830. The van der Waals surface area contributed by atoms with Gasteiger partial charge in [-0.2, -0.15) is 0 Å². The van der Waals surface area contributed by atoms with Crippen LogP contribution < -0.4 is 0 Å². The van der Waals surface area contributed by atoms with Gasteiger partial charge in [-0.25, -0.2) is 8.42 Å². The van der Waals surface area contributed by atoms with Crippen molar-refractivity contribution in [2.24, 2.45) is 0 Å². The predicted molar refractivity (Wildman–Crippen MR) is 60.3 cm³/mol. The number of hydrogen-bond acceptors (Lipinski definition) is 3. The minimum atomic E-state index is -3.59. The predicted octanol–water partition coefficient (Wildman–Crippen LogP) is 3.07. The van der Waals surface area contributed by atoms with Crippen LogP contribution in [0.25, 0.3) is 0 Å². The van der Waals surface area contributed by atoms with Crippen LogP contribution in [0.1, 0.15) is 5.56 Å². The van der Waals surface area contributed by atoms with E-state index < -0.39 is 9.84 Å². The third-order valence-corrected chi connectivity index (χ3v) is 3.99. The van der Waals surface area contributed by atoms with E-state index in [0.29, 0.717) is 0 Å². The molecule has 2 aromatic rings. The van der Waals surface area contributed by atoms with Gasteiger partial charge in [-0.3, -0.25) is 0 Å². The molecule has 0 saturated heterocycles. The van der Waals surface area contributed by atoms with Gasteiger partial charge in [0.2, 0.25) is 14.9 Å². The van der Waals surface area contributed by atoms with Crippen LogP contribution in [-0.4, -0.2) is 8.42 Å². The van der Waals surface area contributed by atoms with Crippen molar-refractivity contribution in [3.63, 3.8) is 0 Å². The number of rotatable bonds is 2. The van der Waals surface area contributed by atoms with Gasteiger partial charge in [0.25, 0.3) is 0 Å². The fourth-order valence-electron chi connectivity index (χ4n) is 1.28. The van der Waals surface area contributed by atoms with Crippen LogP contribution in [-0.2, 0) is 9.84 Å². The summed E-state index contributed by atoms with van der Waals surface area (Å²) >= 11 is 5.55. The van der Waals surface area contributed by atoms with Crippen LogP contribution in [0.15, 0.2) is 50.8 Å². The average Bonchev–Trinajstić information content (AvgIpc) is 2.66. The van der Waals surface area contributed by atoms with Gasteiger partial charge in [-0.05, 0) is 42.8 Å². The van der Waals surface area contributed by atoms with Crippen molar-refractivity contribution in [3.8, 4) is 0 Å². The van der Waals surface area contributed by atoms with E-state index in [1.165, 1.54) is 12.1 Å².